The molecule has 1 atom stereocenters. The van der Waals surface area contributed by atoms with Gasteiger partial charge in [0.1, 0.15) is 11.9 Å². The van der Waals surface area contributed by atoms with Crippen molar-refractivity contribution in [3.63, 3.8) is 0 Å². The van der Waals surface area contributed by atoms with Crippen LogP contribution in [0.15, 0.2) is 48.5 Å². The number of hydrogen-bond donors (Lipinski definition) is 2. The number of benzene rings is 2. The number of rotatable bonds is 5. The molecule has 1 unspecified atom stereocenters. The number of halogens is 1. The van der Waals surface area contributed by atoms with Gasteiger partial charge in [-0.05, 0) is 17.7 Å². The van der Waals surface area contributed by atoms with Crippen LogP contribution in [0.1, 0.15) is 22.7 Å². The zero-order valence-corrected chi connectivity index (χ0v) is 11.1. The summed E-state index contributed by atoms with van der Waals surface area (Å²) >= 11 is 0. The summed E-state index contributed by atoms with van der Waals surface area (Å²) in [6.07, 6.45) is 0. The second-order valence-electron chi connectivity index (χ2n) is 4.48. The number of carboxylic acids is 1. The number of aliphatic carboxylic acids is 1. The largest absolute Gasteiger partial charge is 0.480 e. The molecule has 0 aliphatic rings. The van der Waals surface area contributed by atoms with Gasteiger partial charge in [0.2, 0.25) is 0 Å². The Bertz CT molecular complexity index is 680. The lowest BCUT2D eigenvalue weighted by Gasteiger charge is -2.15. The molecule has 0 saturated carbocycles. The number of carboxylic acid groups (broad SMARTS) is 1. The minimum Gasteiger partial charge on any atom is -0.480 e. The summed E-state index contributed by atoms with van der Waals surface area (Å²) in [4.78, 5) is 11.3. The molecule has 2 N–H and O–H groups in total. The van der Waals surface area contributed by atoms with E-state index in [1.54, 1.807) is 30.3 Å². The average Bonchev–Trinajstić information content (AvgIpc) is 2.49. The van der Waals surface area contributed by atoms with Crippen LogP contribution in [-0.2, 0) is 11.3 Å². The van der Waals surface area contributed by atoms with Gasteiger partial charge in [-0.3, -0.25) is 10.1 Å². The van der Waals surface area contributed by atoms with Crippen molar-refractivity contribution in [2.24, 2.45) is 0 Å². The standard InChI is InChI=1S/C16H13FN2O2/c17-14-8-11(9-18)6-7-13(14)10-19-15(16(20)21)12-4-2-1-3-5-12/h1-8,15,19H,10H2,(H,20,21). The van der Waals surface area contributed by atoms with Gasteiger partial charge in [0.05, 0.1) is 11.6 Å². The highest BCUT2D eigenvalue weighted by atomic mass is 19.1. The fourth-order valence-electron chi connectivity index (χ4n) is 1.97. The number of nitrogens with one attached hydrogen (secondary N) is 1. The molecule has 0 aliphatic carbocycles. The van der Waals surface area contributed by atoms with E-state index in [0.29, 0.717) is 11.1 Å². The topological polar surface area (TPSA) is 73.1 Å². The molecule has 106 valence electrons. The van der Waals surface area contributed by atoms with Gasteiger partial charge in [0.15, 0.2) is 0 Å². The van der Waals surface area contributed by atoms with Crippen molar-refractivity contribution in [1.82, 2.24) is 5.32 Å². The third-order valence-electron chi connectivity index (χ3n) is 3.06. The van der Waals surface area contributed by atoms with Crippen LogP contribution in [0.3, 0.4) is 0 Å². The predicted octanol–water partition coefficient (Wildman–Crippen LogP) is 2.61. The Balaban J connectivity index is 2.13. The van der Waals surface area contributed by atoms with Crippen molar-refractivity contribution in [2.75, 3.05) is 0 Å². The molecule has 0 aliphatic heterocycles. The second kappa shape index (κ2) is 6.64. The molecule has 2 rings (SSSR count). The highest BCUT2D eigenvalue weighted by molar-refractivity contribution is 5.75. The monoisotopic (exact) mass is 284 g/mol. The fraction of sp³-hybridized carbons (Fsp3) is 0.125. The first-order valence-electron chi connectivity index (χ1n) is 6.31. The molecule has 0 spiro atoms. The lowest BCUT2D eigenvalue weighted by Crippen LogP contribution is -2.28. The molecule has 21 heavy (non-hydrogen) atoms. The van der Waals surface area contributed by atoms with Gasteiger partial charge in [-0.15, -0.1) is 0 Å². The minimum atomic E-state index is -1.03. The van der Waals surface area contributed by atoms with Crippen molar-refractivity contribution >= 4 is 5.97 Å². The zero-order chi connectivity index (χ0) is 15.2. The van der Waals surface area contributed by atoms with E-state index in [0.717, 1.165) is 6.07 Å². The number of hydrogen-bond acceptors (Lipinski definition) is 3. The smallest absolute Gasteiger partial charge is 0.325 e. The SMILES string of the molecule is N#Cc1ccc(CNC(C(=O)O)c2ccccc2)c(F)c1. The van der Waals surface area contributed by atoms with Gasteiger partial charge in [0, 0.05) is 12.1 Å². The Morgan fingerprint density at radius 1 is 1.29 bits per heavy atom. The molecule has 0 heterocycles. The average molecular weight is 284 g/mol. The Kier molecular flexibility index (Phi) is 4.64. The lowest BCUT2D eigenvalue weighted by atomic mass is 10.1. The summed E-state index contributed by atoms with van der Waals surface area (Å²) < 4.78 is 13.8. The van der Waals surface area contributed by atoms with Crippen LogP contribution in [0.5, 0.6) is 0 Å². The van der Waals surface area contributed by atoms with Gasteiger partial charge in [-0.2, -0.15) is 5.26 Å². The van der Waals surface area contributed by atoms with E-state index in [9.17, 15) is 14.3 Å². The molecule has 5 heteroatoms. The maximum absolute atomic E-state index is 13.8. The van der Waals surface area contributed by atoms with Crippen molar-refractivity contribution in [3.8, 4) is 6.07 Å². The molecule has 4 nitrogen and oxygen atoms in total. The van der Waals surface area contributed by atoms with Crippen LogP contribution in [0, 0.1) is 17.1 Å². The quantitative estimate of drug-likeness (QED) is 0.885. The number of nitriles is 1. The molecule has 0 aromatic heterocycles. The van der Waals surface area contributed by atoms with Crippen molar-refractivity contribution in [2.45, 2.75) is 12.6 Å². The van der Waals surface area contributed by atoms with E-state index in [1.807, 2.05) is 6.07 Å². The van der Waals surface area contributed by atoms with E-state index >= 15 is 0 Å². The van der Waals surface area contributed by atoms with Crippen LogP contribution in [0.2, 0.25) is 0 Å². The van der Waals surface area contributed by atoms with Crippen molar-refractivity contribution in [1.29, 1.82) is 5.26 Å². The maximum Gasteiger partial charge on any atom is 0.325 e. The summed E-state index contributed by atoms with van der Waals surface area (Å²) in [6.45, 7) is 0.0589. The van der Waals surface area contributed by atoms with E-state index in [2.05, 4.69) is 5.32 Å². The third kappa shape index (κ3) is 3.65. The first kappa shape index (κ1) is 14.7. The summed E-state index contributed by atoms with van der Waals surface area (Å²) in [5.41, 5.74) is 1.14. The highest BCUT2D eigenvalue weighted by Crippen LogP contribution is 2.15. The van der Waals surface area contributed by atoms with E-state index in [1.165, 1.54) is 12.1 Å². The van der Waals surface area contributed by atoms with Crippen LogP contribution < -0.4 is 5.32 Å². The van der Waals surface area contributed by atoms with Crippen LogP contribution in [0.4, 0.5) is 4.39 Å². The molecule has 2 aromatic carbocycles. The predicted molar refractivity (Wildman–Crippen MR) is 74.8 cm³/mol. The summed E-state index contributed by atoms with van der Waals surface area (Å²) in [6, 6.07) is 13.7. The van der Waals surface area contributed by atoms with E-state index < -0.39 is 17.8 Å². The summed E-state index contributed by atoms with van der Waals surface area (Å²) in [5, 5.41) is 20.7. The highest BCUT2D eigenvalue weighted by Gasteiger charge is 2.19. The Morgan fingerprint density at radius 3 is 2.57 bits per heavy atom. The third-order valence-corrected chi connectivity index (χ3v) is 3.06. The maximum atomic E-state index is 13.8. The molecule has 0 saturated heterocycles. The van der Waals surface area contributed by atoms with Gasteiger partial charge >= 0.3 is 5.97 Å². The molecular weight excluding hydrogens is 271 g/mol. The fourth-order valence-corrected chi connectivity index (χ4v) is 1.97. The summed E-state index contributed by atoms with van der Waals surface area (Å²) in [5.74, 6) is -1.56. The Hall–Kier alpha value is -2.71. The normalized spacial score (nSPS) is 11.6. The van der Waals surface area contributed by atoms with Gasteiger partial charge in [0.25, 0.3) is 0 Å². The first-order chi connectivity index (χ1) is 10.1. The zero-order valence-electron chi connectivity index (χ0n) is 11.1. The summed E-state index contributed by atoms with van der Waals surface area (Å²) in [7, 11) is 0. The molecule has 0 amide bonds. The first-order valence-corrected chi connectivity index (χ1v) is 6.31. The van der Waals surface area contributed by atoms with Gasteiger partial charge in [-0.1, -0.05) is 36.4 Å². The Labute approximate surface area is 121 Å². The molecule has 0 radical (unpaired) electrons. The van der Waals surface area contributed by atoms with Crippen LogP contribution >= 0.6 is 0 Å². The van der Waals surface area contributed by atoms with E-state index in [-0.39, 0.29) is 12.1 Å². The lowest BCUT2D eigenvalue weighted by molar-refractivity contribution is -0.139. The van der Waals surface area contributed by atoms with Gasteiger partial charge < -0.3 is 5.11 Å². The second-order valence-corrected chi connectivity index (χ2v) is 4.48. The van der Waals surface area contributed by atoms with Crippen molar-refractivity contribution < 1.29 is 14.3 Å². The van der Waals surface area contributed by atoms with Crippen LogP contribution in [-0.4, -0.2) is 11.1 Å². The van der Waals surface area contributed by atoms with E-state index in [4.69, 9.17) is 5.26 Å². The van der Waals surface area contributed by atoms with Crippen molar-refractivity contribution in [3.05, 3.63) is 71.0 Å². The Morgan fingerprint density at radius 2 is 2.00 bits per heavy atom. The minimum absolute atomic E-state index is 0.0589. The molecule has 0 fully saturated rings. The number of carbonyl (C=O) groups is 1. The number of nitrogens with zero attached hydrogens (tertiary/aromatic N) is 1. The molecular formula is C16H13FN2O2. The van der Waals surface area contributed by atoms with Crippen LogP contribution in [0.25, 0.3) is 0 Å². The molecule has 0 bridgehead atoms. The molecule has 2 aromatic rings. The van der Waals surface area contributed by atoms with Gasteiger partial charge in [-0.25, -0.2) is 4.39 Å².